The number of nitrogens with one attached hydrogen (secondary N) is 1. The topological polar surface area (TPSA) is 69.7 Å². The summed E-state index contributed by atoms with van der Waals surface area (Å²) in [5, 5.41) is 4.62. The Balaban J connectivity index is 1.52. The van der Waals surface area contributed by atoms with Crippen molar-refractivity contribution in [3.63, 3.8) is 0 Å². The number of hydrogen-bond acceptors (Lipinski definition) is 5. The lowest BCUT2D eigenvalue weighted by atomic mass is 9.92. The minimum absolute atomic E-state index is 0.163. The van der Waals surface area contributed by atoms with Crippen molar-refractivity contribution in [2.45, 2.75) is 50.8 Å². The van der Waals surface area contributed by atoms with Crippen molar-refractivity contribution in [3.05, 3.63) is 16.3 Å². The lowest BCUT2D eigenvalue weighted by molar-refractivity contribution is 0.0948. The zero-order chi connectivity index (χ0) is 20.1. The summed E-state index contributed by atoms with van der Waals surface area (Å²) in [6.07, 6.45) is 5.01. The third kappa shape index (κ3) is 5.34. The van der Waals surface area contributed by atoms with Gasteiger partial charge in [0.25, 0.3) is 5.91 Å². The van der Waals surface area contributed by atoms with E-state index in [-0.39, 0.29) is 10.8 Å². The molecule has 0 aliphatic carbocycles. The van der Waals surface area contributed by atoms with E-state index >= 15 is 0 Å². The van der Waals surface area contributed by atoms with E-state index in [1.807, 2.05) is 0 Å². The van der Waals surface area contributed by atoms with Crippen molar-refractivity contribution in [1.82, 2.24) is 14.5 Å². The van der Waals surface area contributed by atoms with Crippen molar-refractivity contribution >= 4 is 27.3 Å². The van der Waals surface area contributed by atoms with Crippen LogP contribution in [0.25, 0.3) is 0 Å². The number of sulfonamides is 1. The highest BCUT2D eigenvalue weighted by atomic mass is 32.2. The van der Waals surface area contributed by atoms with Gasteiger partial charge in [0, 0.05) is 32.7 Å². The molecule has 0 bridgehead atoms. The van der Waals surface area contributed by atoms with Crippen LogP contribution in [0.2, 0.25) is 0 Å². The number of carbonyl (C=O) groups is 1. The average molecular weight is 428 g/mol. The van der Waals surface area contributed by atoms with Gasteiger partial charge < -0.3 is 10.2 Å². The van der Waals surface area contributed by atoms with Gasteiger partial charge in [-0.2, -0.15) is 4.31 Å². The lowest BCUT2D eigenvalue weighted by Gasteiger charge is -2.34. The van der Waals surface area contributed by atoms with Gasteiger partial charge in [-0.3, -0.25) is 4.79 Å². The van der Waals surface area contributed by atoms with Gasteiger partial charge in [-0.05, 0) is 55.5 Å². The fraction of sp³-hybridized carbons (Fsp3) is 0.750. The zero-order valence-electron chi connectivity index (χ0n) is 17.0. The van der Waals surface area contributed by atoms with Crippen molar-refractivity contribution in [2.24, 2.45) is 11.8 Å². The first-order valence-corrected chi connectivity index (χ1v) is 12.8. The number of rotatable bonds is 7. The van der Waals surface area contributed by atoms with Gasteiger partial charge in [0.2, 0.25) is 10.0 Å². The number of thiophene rings is 1. The van der Waals surface area contributed by atoms with Crippen LogP contribution in [0, 0.1) is 11.8 Å². The van der Waals surface area contributed by atoms with Crippen molar-refractivity contribution in [2.75, 3.05) is 39.3 Å². The Labute approximate surface area is 173 Å². The molecule has 28 heavy (non-hydrogen) atoms. The quantitative estimate of drug-likeness (QED) is 0.679. The van der Waals surface area contributed by atoms with Gasteiger partial charge in [-0.1, -0.05) is 20.3 Å². The van der Waals surface area contributed by atoms with Gasteiger partial charge in [-0.15, -0.1) is 11.3 Å². The van der Waals surface area contributed by atoms with Gasteiger partial charge in [0.15, 0.2) is 0 Å². The van der Waals surface area contributed by atoms with E-state index in [4.69, 9.17) is 0 Å². The normalized spacial score (nSPS) is 24.9. The molecule has 158 valence electrons. The summed E-state index contributed by atoms with van der Waals surface area (Å²) >= 11 is 1.21. The van der Waals surface area contributed by atoms with Crippen LogP contribution in [0.1, 0.15) is 55.6 Å². The van der Waals surface area contributed by atoms with E-state index in [1.165, 1.54) is 22.1 Å². The highest BCUT2D eigenvalue weighted by molar-refractivity contribution is 7.89. The monoisotopic (exact) mass is 427 g/mol. The number of nitrogens with zero attached hydrogens (tertiary/aromatic N) is 2. The largest absolute Gasteiger partial charge is 0.351 e. The molecule has 6 nitrogen and oxygen atoms in total. The lowest BCUT2D eigenvalue weighted by Crippen LogP contribution is -2.40. The molecule has 8 heteroatoms. The first-order valence-electron chi connectivity index (χ1n) is 10.5. The number of amides is 1. The molecule has 0 spiro atoms. The molecule has 2 unspecified atom stereocenters. The molecule has 1 aromatic rings. The van der Waals surface area contributed by atoms with Crippen LogP contribution in [0.5, 0.6) is 0 Å². The van der Waals surface area contributed by atoms with Crippen LogP contribution < -0.4 is 5.32 Å². The van der Waals surface area contributed by atoms with Crippen molar-refractivity contribution < 1.29 is 13.2 Å². The summed E-state index contributed by atoms with van der Waals surface area (Å²) in [5.74, 6) is 1.19. The zero-order valence-corrected chi connectivity index (χ0v) is 18.7. The number of likely N-dealkylation sites (tertiary alicyclic amines) is 1. The average Bonchev–Trinajstić information content (AvgIpc) is 3.16. The maximum atomic E-state index is 12.9. The molecule has 3 rings (SSSR count). The Morgan fingerprint density at radius 3 is 2.54 bits per heavy atom. The maximum absolute atomic E-state index is 12.9. The second-order valence-corrected chi connectivity index (χ2v) is 11.2. The SMILES string of the molecule is CC1CC(C)CN(CCCNC(=O)c2sccc2S(=O)(=O)N2CCCCC2)C1. The Kier molecular flexibility index (Phi) is 7.53. The molecule has 0 radical (unpaired) electrons. The van der Waals surface area contributed by atoms with Crippen molar-refractivity contribution in [3.8, 4) is 0 Å². The van der Waals surface area contributed by atoms with Crippen LogP contribution in [0.4, 0.5) is 0 Å². The van der Waals surface area contributed by atoms with Gasteiger partial charge in [0.05, 0.1) is 0 Å². The molecule has 1 amide bonds. The molecule has 2 saturated heterocycles. The molecule has 1 aromatic heterocycles. The minimum atomic E-state index is -3.58. The summed E-state index contributed by atoms with van der Waals surface area (Å²) in [6, 6.07) is 1.57. The summed E-state index contributed by atoms with van der Waals surface area (Å²) < 4.78 is 27.4. The second kappa shape index (κ2) is 9.69. The Morgan fingerprint density at radius 1 is 1.18 bits per heavy atom. The maximum Gasteiger partial charge on any atom is 0.262 e. The predicted octanol–water partition coefficient (Wildman–Crippen LogP) is 3.02. The van der Waals surface area contributed by atoms with Crippen LogP contribution in [-0.2, 0) is 10.0 Å². The first-order chi connectivity index (χ1) is 13.4. The molecule has 0 aromatic carbocycles. The fourth-order valence-electron chi connectivity index (χ4n) is 4.47. The molecule has 2 aliphatic rings. The Bertz CT molecular complexity index is 747. The molecule has 2 fully saturated rings. The number of carbonyl (C=O) groups excluding carboxylic acids is 1. The van der Waals surface area contributed by atoms with E-state index in [1.54, 1.807) is 11.4 Å². The van der Waals surface area contributed by atoms with E-state index in [0.717, 1.165) is 57.2 Å². The smallest absolute Gasteiger partial charge is 0.262 e. The molecule has 3 heterocycles. The van der Waals surface area contributed by atoms with Crippen LogP contribution >= 0.6 is 11.3 Å². The number of piperidine rings is 2. The van der Waals surface area contributed by atoms with Crippen LogP contribution in [0.3, 0.4) is 0 Å². The fourth-order valence-corrected chi connectivity index (χ4v) is 7.30. The van der Waals surface area contributed by atoms with Gasteiger partial charge in [-0.25, -0.2) is 8.42 Å². The molecule has 1 N–H and O–H groups in total. The van der Waals surface area contributed by atoms with E-state index in [0.29, 0.717) is 24.5 Å². The molecule has 2 aliphatic heterocycles. The standard InChI is InChI=1S/C20H33N3O3S2/c1-16-13-17(2)15-22(14-16)9-6-8-21-20(24)19-18(7-12-27-19)28(25,26)23-10-4-3-5-11-23/h7,12,16-17H,3-6,8-11,13-15H2,1-2H3,(H,21,24). The van der Waals surface area contributed by atoms with Gasteiger partial charge >= 0.3 is 0 Å². The Morgan fingerprint density at radius 2 is 1.86 bits per heavy atom. The summed E-state index contributed by atoms with van der Waals surface area (Å²) in [6.45, 7) is 9.48. The third-order valence-electron chi connectivity index (χ3n) is 5.65. The Hall–Kier alpha value is -0.960. The summed E-state index contributed by atoms with van der Waals surface area (Å²) in [7, 11) is -3.58. The molecular weight excluding hydrogens is 394 g/mol. The van der Waals surface area contributed by atoms with E-state index in [9.17, 15) is 13.2 Å². The molecule has 0 saturated carbocycles. The van der Waals surface area contributed by atoms with Crippen LogP contribution in [-0.4, -0.2) is 62.8 Å². The van der Waals surface area contributed by atoms with E-state index in [2.05, 4.69) is 24.1 Å². The first kappa shape index (κ1) is 21.7. The third-order valence-corrected chi connectivity index (χ3v) is 8.63. The highest BCUT2D eigenvalue weighted by Crippen LogP contribution is 2.27. The number of hydrogen-bond donors (Lipinski definition) is 1. The predicted molar refractivity (Wildman–Crippen MR) is 113 cm³/mol. The minimum Gasteiger partial charge on any atom is -0.351 e. The van der Waals surface area contributed by atoms with Crippen molar-refractivity contribution in [1.29, 1.82) is 0 Å². The van der Waals surface area contributed by atoms with E-state index < -0.39 is 10.0 Å². The second-order valence-electron chi connectivity index (χ2n) is 8.39. The van der Waals surface area contributed by atoms with Gasteiger partial charge in [0.1, 0.15) is 9.77 Å². The summed E-state index contributed by atoms with van der Waals surface area (Å²) in [4.78, 5) is 15.6. The highest BCUT2D eigenvalue weighted by Gasteiger charge is 2.31. The molecular formula is C20H33N3O3S2. The van der Waals surface area contributed by atoms with Crippen LogP contribution in [0.15, 0.2) is 16.3 Å². The molecule has 2 atom stereocenters. The summed E-state index contributed by atoms with van der Waals surface area (Å²) in [5.41, 5.74) is 0.